The Kier molecular flexibility index (Phi) is 5.24. The Labute approximate surface area is 132 Å². The average Bonchev–Trinajstić information content (AvgIpc) is 2.99. The van der Waals surface area contributed by atoms with Crippen LogP contribution in [0, 0.1) is 5.41 Å². The second kappa shape index (κ2) is 6.79. The van der Waals surface area contributed by atoms with Crippen LogP contribution in [-0.4, -0.2) is 46.5 Å². The molecule has 0 aliphatic carbocycles. The Morgan fingerprint density at radius 2 is 2.18 bits per heavy atom. The summed E-state index contributed by atoms with van der Waals surface area (Å²) in [5, 5.41) is 20.3. The number of aromatic nitrogens is 2. The van der Waals surface area contributed by atoms with Gasteiger partial charge in [0, 0.05) is 18.9 Å². The Morgan fingerprint density at radius 3 is 2.73 bits per heavy atom. The van der Waals surface area contributed by atoms with Crippen molar-refractivity contribution in [2.75, 3.05) is 19.6 Å². The molecule has 0 radical (unpaired) electrons. The third-order valence-electron chi connectivity index (χ3n) is 4.37. The molecule has 0 spiro atoms. The summed E-state index contributed by atoms with van der Waals surface area (Å²) in [5.41, 5.74) is -0.738. The number of rotatable bonds is 6. The maximum absolute atomic E-state index is 12.9. The summed E-state index contributed by atoms with van der Waals surface area (Å²) in [7, 11) is 0. The summed E-state index contributed by atoms with van der Waals surface area (Å²) >= 11 is 0. The zero-order valence-corrected chi connectivity index (χ0v) is 13.8. The fraction of sp³-hybridized carbons (Fsp3) is 0.750. The molecule has 124 valence electrons. The van der Waals surface area contributed by atoms with Gasteiger partial charge in [-0.2, -0.15) is 5.10 Å². The molecule has 0 aromatic carbocycles. The van der Waals surface area contributed by atoms with Crippen molar-refractivity contribution >= 4 is 5.91 Å². The van der Waals surface area contributed by atoms with Gasteiger partial charge in [0.1, 0.15) is 5.54 Å². The summed E-state index contributed by atoms with van der Waals surface area (Å²) in [6, 6.07) is 1.86. The first kappa shape index (κ1) is 17.0. The minimum absolute atomic E-state index is 0.0244. The lowest BCUT2D eigenvalue weighted by atomic mass is 9.84. The molecule has 1 atom stereocenters. The minimum atomic E-state index is -0.602. The lowest BCUT2D eigenvalue weighted by molar-refractivity contribution is -0.132. The third kappa shape index (κ3) is 3.87. The van der Waals surface area contributed by atoms with Crippen LogP contribution >= 0.6 is 0 Å². The standard InChI is InChI=1S/C16H28N4O2/c1-13(21)11-15(2,3)12-18-14(22)16(5-8-17-9-6-16)20-10-4-7-19-20/h4,7,10,13,17,21H,5-6,8-9,11-12H2,1-3H3,(H,18,22). The van der Waals surface area contributed by atoms with Gasteiger partial charge < -0.3 is 15.7 Å². The van der Waals surface area contributed by atoms with E-state index in [-0.39, 0.29) is 17.4 Å². The molecule has 0 saturated carbocycles. The normalized spacial score (nSPS) is 19.6. The number of nitrogens with zero attached hydrogens (tertiary/aromatic N) is 2. The summed E-state index contributed by atoms with van der Waals surface area (Å²) in [6.45, 7) is 8.06. The lowest BCUT2D eigenvalue weighted by Gasteiger charge is -2.37. The number of carbonyl (C=O) groups is 1. The van der Waals surface area contributed by atoms with Crippen LogP contribution < -0.4 is 10.6 Å². The van der Waals surface area contributed by atoms with Crippen LogP contribution in [0.25, 0.3) is 0 Å². The summed E-state index contributed by atoms with van der Waals surface area (Å²) in [4.78, 5) is 12.9. The highest BCUT2D eigenvalue weighted by Gasteiger charge is 2.42. The van der Waals surface area contributed by atoms with Gasteiger partial charge in [0.2, 0.25) is 5.91 Å². The van der Waals surface area contributed by atoms with Crippen LogP contribution in [0.15, 0.2) is 18.5 Å². The van der Waals surface area contributed by atoms with Crippen molar-refractivity contribution in [1.82, 2.24) is 20.4 Å². The Morgan fingerprint density at radius 1 is 1.50 bits per heavy atom. The molecule has 1 amide bonds. The molecule has 2 rings (SSSR count). The predicted octanol–water partition coefficient (Wildman–Crippen LogP) is 0.875. The largest absolute Gasteiger partial charge is 0.393 e. The van der Waals surface area contributed by atoms with Gasteiger partial charge in [-0.3, -0.25) is 9.48 Å². The van der Waals surface area contributed by atoms with Crippen LogP contribution in [0.4, 0.5) is 0 Å². The number of hydrogen-bond acceptors (Lipinski definition) is 4. The zero-order chi connectivity index (χ0) is 16.2. The van der Waals surface area contributed by atoms with Crippen LogP contribution in [0.5, 0.6) is 0 Å². The van der Waals surface area contributed by atoms with Gasteiger partial charge >= 0.3 is 0 Å². The molecular weight excluding hydrogens is 280 g/mol. The van der Waals surface area contributed by atoms with Gasteiger partial charge in [0.15, 0.2) is 0 Å². The lowest BCUT2D eigenvalue weighted by Crippen LogP contribution is -2.55. The second-order valence-corrected chi connectivity index (χ2v) is 7.13. The Balaban J connectivity index is 2.07. The number of aliphatic hydroxyl groups is 1. The molecule has 2 heterocycles. The number of hydrogen-bond donors (Lipinski definition) is 3. The fourth-order valence-electron chi connectivity index (χ4n) is 3.28. The topological polar surface area (TPSA) is 79.2 Å². The minimum Gasteiger partial charge on any atom is -0.393 e. The third-order valence-corrected chi connectivity index (χ3v) is 4.37. The fourth-order valence-corrected chi connectivity index (χ4v) is 3.28. The van der Waals surface area contributed by atoms with Gasteiger partial charge in [-0.1, -0.05) is 13.8 Å². The first-order valence-corrected chi connectivity index (χ1v) is 8.03. The quantitative estimate of drug-likeness (QED) is 0.729. The highest BCUT2D eigenvalue weighted by atomic mass is 16.3. The van der Waals surface area contributed by atoms with Gasteiger partial charge in [-0.15, -0.1) is 0 Å². The molecule has 1 aliphatic heterocycles. The highest BCUT2D eigenvalue weighted by Crippen LogP contribution is 2.28. The van der Waals surface area contributed by atoms with Crippen molar-refractivity contribution < 1.29 is 9.90 Å². The van der Waals surface area contributed by atoms with Gasteiger partial charge in [-0.05, 0) is 50.8 Å². The molecule has 1 unspecified atom stereocenters. The molecule has 6 heteroatoms. The van der Waals surface area contributed by atoms with Crippen molar-refractivity contribution in [1.29, 1.82) is 0 Å². The van der Waals surface area contributed by atoms with Crippen molar-refractivity contribution in [3.8, 4) is 0 Å². The van der Waals surface area contributed by atoms with Crippen LogP contribution in [0.3, 0.4) is 0 Å². The van der Waals surface area contributed by atoms with Crippen molar-refractivity contribution in [3.05, 3.63) is 18.5 Å². The van der Waals surface area contributed by atoms with E-state index >= 15 is 0 Å². The number of nitrogens with one attached hydrogen (secondary N) is 2. The Bertz CT molecular complexity index is 476. The van der Waals surface area contributed by atoms with Crippen molar-refractivity contribution in [2.45, 2.75) is 51.7 Å². The molecule has 1 aliphatic rings. The number of piperidine rings is 1. The van der Waals surface area contributed by atoms with Gasteiger partial charge in [-0.25, -0.2) is 0 Å². The van der Waals surface area contributed by atoms with Crippen molar-refractivity contribution in [3.63, 3.8) is 0 Å². The average molecular weight is 308 g/mol. The molecule has 0 bridgehead atoms. The van der Waals surface area contributed by atoms with E-state index in [1.54, 1.807) is 17.8 Å². The molecular formula is C16H28N4O2. The van der Waals surface area contributed by atoms with E-state index < -0.39 is 5.54 Å². The molecule has 1 aromatic rings. The van der Waals surface area contributed by atoms with E-state index in [1.807, 2.05) is 12.3 Å². The molecule has 6 nitrogen and oxygen atoms in total. The van der Waals surface area contributed by atoms with Gasteiger partial charge in [0.05, 0.1) is 6.10 Å². The van der Waals surface area contributed by atoms with E-state index in [2.05, 4.69) is 29.6 Å². The first-order valence-electron chi connectivity index (χ1n) is 8.03. The predicted molar refractivity (Wildman–Crippen MR) is 85.4 cm³/mol. The Hall–Kier alpha value is -1.40. The maximum Gasteiger partial charge on any atom is 0.248 e. The SMILES string of the molecule is CC(O)CC(C)(C)CNC(=O)C1(n2cccn2)CCNCC1. The molecule has 1 fully saturated rings. The van der Waals surface area contributed by atoms with E-state index in [4.69, 9.17) is 0 Å². The summed E-state index contributed by atoms with van der Waals surface area (Å²) in [6.07, 6.45) is 5.34. The van der Waals surface area contributed by atoms with E-state index in [1.165, 1.54) is 0 Å². The highest BCUT2D eigenvalue weighted by molar-refractivity contribution is 5.84. The summed E-state index contributed by atoms with van der Waals surface area (Å²) < 4.78 is 1.80. The van der Waals surface area contributed by atoms with Gasteiger partial charge in [0.25, 0.3) is 0 Å². The smallest absolute Gasteiger partial charge is 0.248 e. The molecule has 1 aromatic heterocycles. The van der Waals surface area contributed by atoms with E-state index in [0.717, 1.165) is 25.9 Å². The van der Waals surface area contributed by atoms with E-state index in [0.29, 0.717) is 13.0 Å². The maximum atomic E-state index is 12.9. The van der Waals surface area contributed by atoms with Crippen LogP contribution in [-0.2, 0) is 10.3 Å². The van der Waals surface area contributed by atoms with Crippen molar-refractivity contribution in [2.24, 2.45) is 5.41 Å². The second-order valence-electron chi connectivity index (χ2n) is 7.13. The molecule has 22 heavy (non-hydrogen) atoms. The monoisotopic (exact) mass is 308 g/mol. The molecule has 1 saturated heterocycles. The van der Waals surface area contributed by atoms with Crippen LogP contribution in [0.2, 0.25) is 0 Å². The first-order chi connectivity index (χ1) is 10.4. The number of carbonyl (C=O) groups excluding carboxylic acids is 1. The summed E-state index contributed by atoms with van der Waals surface area (Å²) in [5.74, 6) is 0.0244. The number of amides is 1. The number of aliphatic hydroxyl groups excluding tert-OH is 1. The van der Waals surface area contributed by atoms with E-state index in [9.17, 15) is 9.90 Å². The molecule has 3 N–H and O–H groups in total. The zero-order valence-electron chi connectivity index (χ0n) is 13.8. The van der Waals surface area contributed by atoms with Crippen LogP contribution in [0.1, 0.15) is 40.0 Å².